The zero-order valence-corrected chi connectivity index (χ0v) is 12.1. The van der Waals surface area contributed by atoms with Crippen LogP contribution < -0.4 is 4.74 Å². The summed E-state index contributed by atoms with van der Waals surface area (Å²) in [7, 11) is 1.65. The fourth-order valence-corrected chi connectivity index (χ4v) is 2.08. The van der Waals surface area contributed by atoms with Crippen LogP contribution in [0.5, 0.6) is 5.75 Å². The summed E-state index contributed by atoms with van der Waals surface area (Å²) < 4.78 is 20.0. The van der Waals surface area contributed by atoms with E-state index in [1.54, 1.807) is 25.5 Å². The molecule has 4 heteroatoms. The van der Waals surface area contributed by atoms with Crippen molar-refractivity contribution in [3.8, 4) is 11.4 Å². The van der Waals surface area contributed by atoms with E-state index in [-0.39, 0.29) is 5.82 Å². The zero-order chi connectivity index (χ0) is 15.4. The molecular formula is C18H15FN2O. The van der Waals surface area contributed by atoms with Crippen LogP contribution in [0.4, 0.5) is 10.1 Å². The predicted molar refractivity (Wildman–Crippen MR) is 86.0 cm³/mol. The summed E-state index contributed by atoms with van der Waals surface area (Å²) in [6.07, 6.45) is 5.70. The van der Waals surface area contributed by atoms with Crippen LogP contribution >= 0.6 is 0 Å². The topological polar surface area (TPSA) is 26.5 Å². The number of nitrogens with zero attached hydrogens (tertiary/aromatic N) is 2. The van der Waals surface area contributed by atoms with E-state index in [4.69, 9.17) is 4.74 Å². The molecule has 0 spiro atoms. The fourth-order valence-electron chi connectivity index (χ4n) is 2.08. The van der Waals surface area contributed by atoms with Crippen LogP contribution in [0.2, 0.25) is 0 Å². The van der Waals surface area contributed by atoms with Crippen LogP contribution in [-0.2, 0) is 0 Å². The molecule has 2 aromatic carbocycles. The summed E-state index contributed by atoms with van der Waals surface area (Å²) in [4.78, 5) is 4.33. The minimum absolute atomic E-state index is 0.260. The Morgan fingerprint density at radius 2 is 1.73 bits per heavy atom. The molecule has 110 valence electrons. The van der Waals surface area contributed by atoms with Crippen LogP contribution in [-0.4, -0.2) is 17.9 Å². The Hall–Kier alpha value is -2.88. The first kappa shape index (κ1) is 14.1. The highest BCUT2D eigenvalue weighted by atomic mass is 19.1. The predicted octanol–water partition coefficient (Wildman–Crippen LogP) is 4.38. The van der Waals surface area contributed by atoms with Crippen LogP contribution in [0, 0.1) is 5.82 Å². The molecule has 0 N–H and O–H groups in total. The third-order valence-corrected chi connectivity index (χ3v) is 3.28. The minimum atomic E-state index is -0.260. The summed E-state index contributed by atoms with van der Waals surface area (Å²) in [5, 5.41) is 0. The van der Waals surface area contributed by atoms with Gasteiger partial charge in [-0.3, -0.25) is 4.99 Å². The van der Waals surface area contributed by atoms with E-state index in [1.165, 1.54) is 12.1 Å². The van der Waals surface area contributed by atoms with Crippen molar-refractivity contribution in [2.45, 2.75) is 0 Å². The largest absolute Gasteiger partial charge is 0.497 e. The number of halogens is 1. The molecule has 0 fully saturated rings. The molecule has 3 aromatic rings. The number of hydrogen-bond donors (Lipinski definition) is 0. The van der Waals surface area contributed by atoms with Crippen molar-refractivity contribution in [3.63, 3.8) is 0 Å². The van der Waals surface area contributed by atoms with Gasteiger partial charge < -0.3 is 9.30 Å². The second-order valence-corrected chi connectivity index (χ2v) is 4.78. The van der Waals surface area contributed by atoms with Gasteiger partial charge in [0, 0.05) is 29.9 Å². The van der Waals surface area contributed by atoms with Crippen molar-refractivity contribution < 1.29 is 9.13 Å². The fraction of sp³-hybridized carbons (Fsp3) is 0.0556. The highest BCUT2D eigenvalue weighted by Gasteiger charge is 1.99. The van der Waals surface area contributed by atoms with E-state index < -0.39 is 0 Å². The van der Waals surface area contributed by atoms with E-state index in [9.17, 15) is 4.39 Å². The molecule has 22 heavy (non-hydrogen) atoms. The molecule has 0 bridgehead atoms. The quantitative estimate of drug-likeness (QED) is 0.656. The molecule has 1 heterocycles. The molecule has 0 saturated carbocycles. The molecule has 0 aliphatic heterocycles. The lowest BCUT2D eigenvalue weighted by Crippen LogP contribution is -1.90. The second-order valence-electron chi connectivity index (χ2n) is 4.78. The van der Waals surface area contributed by atoms with Crippen molar-refractivity contribution >= 4 is 11.9 Å². The van der Waals surface area contributed by atoms with Gasteiger partial charge in [0.25, 0.3) is 0 Å². The first-order valence-electron chi connectivity index (χ1n) is 6.87. The Morgan fingerprint density at radius 1 is 1.00 bits per heavy atom. The standard InChI is InChI=1S/C18H15FN2O/c1-22-18-8-6-17(7-9-18)21-11-10-14(13-21)12-20-16-4-2-15(19)3-5-16/h2-13H,1H3. The van der Waals surface area contributed by atoms with E-state index >= 15 is 0 Å². The van der Waals surface area contributed by atoms with Crippen LogP contribution in [0.1, 0.15) is 5.56 Å². The number of hydrogen-bond acceptors (Lipinski definition) is 2. The van der Waals surface area contributed by atoms with E-state index in [0.717, 1.165) is 22.7 Å². The third kappa shape index (κ3) is 3.23. The van der Waals surface area contributed by atoms with Gasteiger partial charge in [-0.15, -0.1) is 0 Å². The van der Waals surface area contributed by atoms with Gasteiger partial charge in [-0.05, 0) is 54.6 Å². The monoisotopic (exact) mass is 294 g/mol. The third-order valence-electron chi connectivity index (χ3n) is 3.28. The highest BCUT2D eigenvalue weighted by molar-refractivity contribution is 5.81. The maximum Gasteiger partial charge on any atom is 0.123 e. The van der Waals surface area contributed by atoms with Crippen molar-refractivity contribution in [2.24, 2.45) is 4.99 Å². The molecule has 0 aliphatic rings. The minimum Gasteiger partial charge on any atom is -0.497 e. The summed E-state index contributed by atoms with van der Waals surface area (Å²) in [5.74, 6) is 0.568. The maximum absolute atomic E-state index is 12.8. The number of benzene rings is 2. The summed E-state index contributed by atoms with van der Waals surface area (Å²) in [5.41, 5.74) is 2.74. The SMILES string of the molecule is COc1ccc(-n2ccc(C=Nc3ccc(F)cc3)c2)cc1. The molecule has 0 unspecified atom stereocenters. The van der Waals surface area contributed by atoms with Crippen LogP contribution in [0.25, 0.3) is 5.69 Å². The van der Waals surface area contributed by atoms with Crippen molar-refractivity contribution in [3.05, 3.63) is 78.4 Å². The van der Waals surface area contributed by atoms with Gasteiger partial charge in [0.15, 0.2) is 0 Å². The lowest BCUT2D eigenvalue weighted by Gasteiger charge is -2.04. The van der Waals surface area contributed by atoms with Gasteiger partial charge >= 0.3 is 0 Å². The van der Waals surface area contributed by atoms with E-state index in [2.05, 4.69) is 4.99 Å². The smallest absolute Gasteiger partial charge is 0.123 e. The summed E-state index contributed by atoms with van der Waals surface area (Å²) in [6.45, 7) is 0. The lowest BCUT2D eigenvalue weighted by atomic mass is 10.3. The Morgan fingerprint density at radius 3 is 2.41 bits per heavy atom. The molecule has 3 nitrogen and oxygen atoms in total. The average Bonchev–Trinajstić information content (AvgIpc) is 3.03. The van der Waals surface area contributed by atoms with Gasteiger partial charge in [-0.25, -0.2) is 4.39 Å². The summed E-state index contributed by atoms with van der Waals surface area (Å²) in [6, 6.07) is 15.9. The molecule has 1 aromatic heterocycles. The van der Waals surface area contributed by atoms with Gasteiger partial charge in [0.1, 0.15) is 11.6 Å². The normalized spacial score (nSPS) is 11.0. The number of aromatic nitrogens is 1. The number of ether oxygens (including phenoxy) is 1. The van der Waals surface area contributed by atoms with Crippen LogP contribution in [0.3, 0.4) is 0 Å². The van der Waals surface area contributed by atoms with Gasteiger partial charge in [0.05, 0.1) is 12.8 Å². The lowest BCUT2D eigenvalue weighted by molar-refractivity contribution is 0.415. The number of methoxy groups -OCH3 is 1. The average molecular weight is 294 g/mol. The number of aliphatic imine (C=N–C) groups is 1. The maximum atomic E-state index is 12.8. The Labute approximate surface area is 128 Å². The van der Waals surface area contributed by atoms with E-state index in [1.807, 2.05) is 47.3 Å². The molecule has 0 amide bonds. The first-order chi connectivity index (χ1) is 10.7. The Kier molecular flexibility index (Phi) is 4.01. The summed E-state index contributed by atoms with van der Waals surface area (Å²) >= 11 is 0. The molecular weight excluding hydrogens is 279 g/mol. The Bertz CT molecular complexity index is 774. The molecule has 3 rings (SSSR count). The van der Waals surface area contributed by atoms with Gasteiger partial charge in [0.2, 0.25) is 0 Å². The molecule has 0 aliphatic carbocycles. The Balaban J connectivity index is 1.76. The molecule has 0 atom stereocenters. The number of rotatable bonds is 4. The van der Waals surface area contributed by atoms with Crippen molar-refractivity contribution in [2.75, 3.05) is 7.11 Å². The second kappa shape index (κ2) is 6.26. The highest BCUT2D eigenvalue weighted by Crippen LogP contribution is 2.16. The molecule has 0 saturated heterocycles. The van der Waals surface area contributed by atoms with Crippen LogP contribution in [0.15, 0.2) is 72.0 Å². The van der Waals surface area contributed by atoms with Gasteiger partial charge in [-0.1, -0.05) is 0 Å². The first-order valence-corrected chi connectivity index (χ1v) is 6.87. The molecule has 0 radical (unpaired) electrons. The van der Waals surface area contributed by atoms with E-state index in [0.29, 0.717) is 0 Å². The zero-order valence-electron chi connectivity index (χ0n) is 12.1. The van der Waals surface area contributed by atoms with Gasteiger partial charge in [-0.2, -0.15) is 0 Å². The van der Waals surface area contributed by atoms with Crippen molar-refractivity contribution in [1.29, 1.82) is 0 Å². The van der Waals surface area contributed by atoms with Crippen molar-refractivity contribution in [1.82, 2.24) is 4.57 Å².